The summed E-state index contributed by atoms with van der Waals surface area (Å²) in [5.74, 6) is -2.90. The first-order valence-corrected chi connectivity index (χ1v) is 14.9. The molecular weight excluding hydrogens is 582 g/mol. The third kappa shape index (κ3) is 7.85. The number of H-pyrrole nitrogens is 1. The van der Waals surface area contributed by atoms with Crippen LogP contribution in [0, 0.1) is 5.92 Å². The summed E-state index contributed by atoms with van der Waals surface area (Å²) >= 11 is 0. The average Bonchev–Trinajstić information content (AvgIpc) is 3.82. The monoisotopic (exact) mass is 617 g/mol. The fourth-order valence-corrected chi connectivity index (χ4v) is 5.91. The lowest BCUT2D eigenvalue weighted by atomic mass is 9.96. The number of anilines is 1. The normalized spacial score (nSPS) is 17.2. The number of pyridine rings is 1. The Hall–Kier alpha value is -5.21. The number of tetrazole rings is 1. The fraction of sp³-hybridized carbons (Fsp3) is 0.433. The molecule has 1 aliphatic heterocycles. The fourth-order valence-electron chi connectivity index (χ4n) is 5.91. The number of nitrogens with one attached hydrogen (secondary N) is 4. The van der Waals surface area contributed by atoms with Crippen LogP contribution in [0.5, 0.6) is 0 Å². The molecule has 5 N–H and O–H groups in total. The third-order valence-electron chi connectivity index (χ3n) is 8.11. The van der Waals surface area contributed by atoms with Gasteiger partial charge in [-0.25, -0.2) is 4.98 Å². The third-order valence-corrected chi connectivity index (χ3v) is 8.11. The van der Waals surface area contributed by atoms with E-state index >= 15 is 0 Å². The van der Waals surface area contributed by atoms with Gasteiger partial charge in [0.25, 0.3) is 5.91 Å². The molecule has 0 bridgehead atoms. The van der Waals surface area contributed by atoms with Crippen LogP contribution in [-0.2, 0) is 43.4 Å². The van der Waals surface area contributed by atoms with Crippen molar-refractivity contribution in [2.45, 2.75) is 76.0 Å². The number of hydrogen-bond acceptors (Lipinski definition) is 9. The lowest BCUT2D eigenvalue weighted by molar-refractivity contribution is -0.138. The number of carboxylic acids is 1. The van der Waals surface area contributed by atoms with Gasteiger partial charge in [0.2, 0.25) is 17.7 Å². The second-order valence-corrected chi connectivity index (χ2v) is 11.2. The second kappa shape index (κ2) is 14.5. The summed E-state index contributed by atoms with van der Waals surface area (Å²) in [5, 5.41) is 31.2. The number of aromatic amines is 1. The highest BCUT2D eigenvalue weighted by molar-refractivity contribution is 6.06. The van der Waals surface area contributed by atoms with Crippen molar-refractivity contribution in [2.75, 3.05) is 4.90 Å². The van der Waals surface area contributed by atoms with Crippen LogP contribution in [0.4, 0.5) is 5.82 Å². The summed E-state index contributed by atoms with van der Waals surface area (Å²) in [6, 6.07) is 9.34. The Morgan fingerprint density at radius 1 is 1.02 bits per heavy atom. The number of aromatic nitrogens is 5. The largest absolute Gasteiger partial charge is 0.481 e. The summed E-state index contributed by atoms with van der Waals surface area (Å²) in [4.78, 5) is 71.5. The number of hydrogen-bond donors (Lipinski definition) is 5. The zero-order valence-electron chi connectivity index (χ0n) is 24.5. The standard InChI is InChI=1S/C30H35N9O6/c40-24(15-18-7-2-1-3-8-18)34-26(19-9-4-5-10-19)29(44)33-21(12-13-25(41)42)30(45)39-22(16-20-11-6-14-31-27(20)39)28(43)32-17-23-35-37-38-36-23/h1-3,6-8,11,14,19,21-22,26H,4-5,9-10,12-13,15-17H2,(H,32,43)(H,33,44)(H,34,40)(H,41,42)(H,35,36,37,38). The van der Waals surface area contributed by atoms with Crippen molar-refractivity contribution in [3.8, 4) is 0 Å². The minimum atomic E-state index is -1.30. The molecule has 1 fully saturated rings. The SMILES string of the molecule is O=C(O)CCC(NC(=O)C(NC(=O)Cc1ccccc1)C1CCCC1)C(=O)N1c2ncccc2CC1C(=O)NCc1nn[nH]n1. The molecule has 2 aliphatic rings. The van der Waals surface area contributed by atoms with Crippen LogP contribution >= 0.6 is 0 Å². The zero-order chi connectivity index (χ0) is 31.8. The van der Waals surface area contributed by atoms with Crippen LogP contribution in [0.3, 0.4) is 0 Å². The lowest BCUT2D eigenvalue weighted by Crippen LogP contribution is -2.58. The van der Waals surface area contributed by atoms with Gasteiger partial charge in [0.1, 0.15) is 23.9 Å². The molecule has 1 aromatic carbocycles. The predicted molar refractivity (Wildman–Crippen MR) is 158 cm³/mol. The molecular formula is C30H35N9O6. The highest BCUT2D eigenvalue weighted by Crippen LogP contribution is 2.32. The van der Waals surface area contributed by atoms with Gasteiger partial charge in [0.15, 0.2) is 5.82 Å². The van der Waals surface area contributed by atoms with Crippen molar-refractivity contribution in [1.29, 1.82) is 0 Å². The average molecular weight is 618 g/mol. The first-order valence-electron chi connectivity index (χ1n) is 14.9. The van der Waals surface area contributed by atoms with Crippen molar-refractivity contribution in [3.63, 3.8) is 0 Å². The molecule has 3 aromatic rings. The van der Waals surface area contributed by atoms with E-state index in [2.05, 4.69) is 41.6 Å². The van der Waals surface area contributed by atoms with Gasteiger partial charge in [-0.2, -0.15) is 5.21 Å². The number of carbonyl (C=O) groups excluding carboxylic acids is 4. The van der Waals surface area contributed by atoms with Gasteiger partial charge >= 0.3 is 5.97 Å². The molecule has 15 nitrogen and oxygen atoms in total. The minimum absolute atomic E-state index is 0.0391. The second-order valence-electron chi connectivity index (χ2n) is 11.2. The van der Waals surface area contributed by atoms with Crippen LogP contribution in [0.25, 0.3) is 0 Å². The van der Waals surface area contributed by atoms with Crippen LogP contribution in [0.2, 0.25) is 0 Å². The van der Waals surface area contributed by atoms with Crippen LogP contribution in [0.1, 0.15) is 55.5 Å². The van der Waals surface area contributed by atoms with E-state index in [9.17, 15) is 29.1 Å². The van der Waals surface area contributed by atoms with Crippen molar-refractivity contribution in [3.05, 3.63) is 65.6 Å². The molecule has 4 amide bonds. The maximum absolute atomic E-state index is 14.2. The molecule has 236 valence electrons. The summed E-state index contributed by atoms with van der Waals surface area (Å²) in [6.45, 7) is -0.0391. The Labute approximate surface area is 258 Å². The van der Waals surface area contributed by atoms with Crippen molar-refractivity contribution in [1.82, 2.24) is 41.6 Å². The zero-order valence-corrected chi connectivity index (χ0v) is 24.5. The molecule has 2 aromatic heterocycles. The van der Waals surface area contributed by atoms with Gasteiger partial charge in [0.05, 0.1) is 13.0 Å². The molecule has 45 heavy (non-hydrogen) atoms. The van der Waals surface area contributed by atoms with Gasteiger partial charge in [0, 0.05) is 19.0 Å². The number of carboxylic acid groups (broad SMARTS) is 1. The van der Waals surface area contributed by atoms with E-state index in [1.54, 1.807) is 12.1 Å². The van der Waals surface area contributed by atoms with E-state index in [4.69, 9.17) is 0 Å². The molecule has 0 saturated heterocycles. The van der Waals surface area contributed by atoms with E-state index in [1.165, 1.54) is 11.1 Å². The van der Waals surface area contributed by atoms with Crippen molar-refractivity contribution >= 4 is 35.4 Å². The molecule has 3 heterocycles. The van der Waals surface area contributed by atoms with Gasteiger partial charge in [-0.05, 0) is 42.4 Å². The van der Waals surface area contributed by atoms with Crippen molar-refractivity contribution < 1.29 is 29.1 Å². The first kappa shape index (κ1) is 31.2. The Kier molecular flexibility index (Phi) is 10.1. The van der Waals surface area contributed by atoms with E-state index in [0.29, 0.717) is 5.56 Å². The topological polar surface area (TPSA) is 212 Å². The van der Waals surface area contributed by atoms with Gasteiger partial charge in [-0.1, -0.05) is 54.5 Å². The number of nitrogens with zero attached hydrogens (tertiary/aromatic N) is 5. The van der Waals surface area contributed by atoms with Crippen molar-refractivity contribution in [2.24, 2.45) is 5.92 Å². The van der Waals surface area contributed by atoms with Crippen LogP contribution < -0.4 is 20.9 Å². The Morgan fingerprint density at radius 2 is 1.80 bits per heavy atom. The number of amides is 4. The number of fused-ring (bicyclic) bond motifs is 1. The summed E-state index contributed by atoms with van der Waals surface area (Å²) in [6.07, 6.45) is 4.34. The maximum atomic E-state index is 14.2. The highest BCUT2D eigenvalue weighted by atomic mass is 16.4. The van der Waals surface area contributed by atoms with E-state index in [1.807, 2.05) is 30.3 Å². The molecule has 0 spiro atoms. The molecule has 3 unspecified atom stereocenters. The molecule has 5 rings (SSSR count). The van der Waals surface area contributed by atoms with Crippen LogP contribution in [0.15, 0.2) is 48.7 Å². The maximum Gasteiger partial charge on any atom is 0.303 e. The molecule has 15 heteroatoms. The van der Waals surface area contributed by atoms with E-state index in [0.717, 1.165) is 31.2 Å². The smallest absolute Gasteiger partial charge is 0.303 e. The molecule has 3 atom stereocenters. The number of rotatable bonds is 13. The molecule has 1 saturated carbocycles. The molecule has 1 aliphatic carbocycles. The predicted octanol–water partition coefficient (Wildman–Crippen LogP) is 0.436. The summed E-state index contributed by atoms with van der Waals surface area (Å²) in [7, 11) is 0. The highest BCUT2D eigenvalue weighted by Gasteiger charge is 2.43. The number of aliphatic carboxylic acids is 1. The van der Waals surface area contributed by atoms with Gasteiger partial charge < -0.3 is 21.1 Å². The van der Waals surface area contributed by atoms with Crippen LogP contribution in [-0.4, -0.2) is 78.4 Å². The van der Waals surface area contributed by atoms with Gasteiger partial charge in [-0.15, -0.1) is 10.2 Å². The number of carbonyl (C=O) groups is 5. The minimum Gasteiger partial charge on any atom is -0.481 e. The van der Waals surface area contributed by atoms with E-state index < -0.39 is 48.2 Å². The first-order chi connectivity index (χ1) is 21.8. The quantitative estimate of drug-likeness (QED) is 0.178. The summed E-state index contributed by atoms with van der Waals surface area (Å²) < 4.78 is 0. The molecule has 0 radical (unpaired) electrons. The Morgan fingerprint density at radius 3 is 2.51 bits per heavy atom. The van der Waals surface area contributed by atoms with Gasteiger partial charge in [-0.3, -0.25) is 28.9 Å². The number of benzene rings is 1. The Balaban J connectivity index is 1.36. The summed E-state index contributed by atoms with van der Waals surface area (Å²) in [5.41, 5.74) is 1.44. The lowest BCUT2D eigenvalue weighted by Gasteiger charge is -2.30. The van der Waals surface area contributed by atoms with E-state index in [-0.39, 0.29) is 49.3 Å². The Bertz CT molecular complexity index is 1510.